The Hall–Kier alpha value is -3.79. The molecule has 6 rings (SSSR count). The minimum absolute atomic E-state index is 0.685. The molecule has 10 nitrogen and oxygen atoms in total. The van der Waals surface area contributed by atoms with Crippen LogP contribution >= 0.6 is 0 Å². The Kier molecular flexibility index (Phi) is 5.19. The number of rotatable bonds is 4. The van der Waals surface area contributed by atoms with E-state index in [0.29, 0.717) is 13.2 Å². The minimum atomic E-state index is 0.685. The molecule has 3 aromatic heterocycles. The van der Waals surface area contributed by atoms with Gasteiger partial charge in [0.25, 0.3) is 0 Å². The standard InChI is InChI=1S/C23H25N9O/c1-2-5-18(6-3-1)32-21-19(17-26-32)20(27-23(28-21)31-13-15-33-16-14-31)29-9-11-30(12-10-29)22-24-7-4-8-25-22/h1-8,17H,9-16H2. The van der Waals surface area contributed by atoms with Crippen LogP contribution in [0.3, 0.4) is 0 Å². The predicted molar refractivity (Wildman–Crippen MR) is 126 cm³/mol. The van der Waals surface area contributed by atoms with Gasteiger partial charge in [0.1, 0.15) is 5.82 Å². The van der Waals surface area contributed by atoms with Gasteiger partial charge in [0.2, 0.25) is 11.9 Å². The number of aromatic nitrogens is 6. The molecule has 0 aliphatic carbocycles. The number of piperazine rings is 1. The van der Waals surface area contributed by atoms with Crippen LogP contribution in [0.4, 0.5) is 17.7 Å². The molecule has 10 heteroatoms. The summed E-state index contributed by atoms with van der Waals surface area (Å²) >= 11 is 0. The van der Waals surface area contributed by atoms with Crippen molar-refractivity contribution in [2.24, 2.45) is 0 Å². The van der Waals surface area contributed by atoms with Crippen molar-refractivity contribution in [2.75, 3.05) is 67.2 Å². The molecule has 5 heterocycles. The normalized spacial score (nSPS) is 17.0. The Morgan fingerprint density at radius 2 is 1.39 bits per heavy atom. The van der Waals surface area contributed by atoms with Crippen molar-refractivity contribution >= 4 is 28.7 Å². The van der Waals surface area contributed by atoms with Crippen LogP contribution in [0.1, 0.15) is 0 Å². The monoisotopic (exact) mass is 443 g/mol. The molecular weight excluding hydrogens is 418 g/mol. The maximum absolute atomic E-state index is 5.54. The van der Waals surface area contributed by atoms with Crippen LogP contribution in [-0.4, -0.2) is 82.2 Å². The SMILES string of the molecule is c1ccc(-n2ncc3c(N4CCN(c5ncccn5)CC4)nc(N4CCOCC4)nc32)cc1. The lowest BCUT2D eigenvalue weighted by Gasteiger charge is -2.36. The van der Waals surface area contributed by atoms with Gasteiger partial charge in [0.15, 0.2) is 5.65 Å². The highest BCUT2D eigenvalue weighted by molar-refractivity contribution is 5.89. The molecule has 0 unspecified atom stereocenters. The molecule has 4 aromatic rings. The number of hydrogen-bond acceptors (Lipinski definition) is 9. The van der Waals surface area contributed by atoms with E-state index in [-0.39, 0.29) is 0 Å². The Labute approximate surface area is 191 Å². The van der Waals surface area contributed by atoms with E-state index in [1.165, 1.54) is 0 Å². The van der Waals surface area contributed by atoms with E-state index in [2.05, 4.69) is 29.8 Å². The molecule has 0 saturated carbocycles. The zero-order valence-corrected chi connectivity index (χ0v) is 18.3. The fourth-order valence-corrected chi connectivity index (χ4v) is 4.36. The summed E-state index contributed by atoms with van der Waals surface area (Å²) in [5.41, 5.74) is 1.80. The van der Waals surface area contributed by atoms with Gasteiger partial charge in [0, 0.05) is 51.7 Å². The van der Waals surface area contributed by atoms with Crippen LogP contribution in [0, 0.1) is 0 Å². The number of nitrogens with zero attached hydrogens (tertiary/aromatic N) is 9. The van der Waals surface area contributed by atoms with Gasteiger partial charge in [-0.05, 0) is 18.2 Å². The highest BCUT2D eigenvalue weighted by Gasteiger charge is 2.25. The van der Waals surface area contributed by atoms with Gasteiger partial charge < -0.3 is 19.4 Å². The van der Waals surface area contributed by atoms with E-state index in [1.54, 1.807) is 12.4 Å². The maximum Gasteiger partial charge on any atom is 0.229 e. The molecule has 168 valence electrons. The Morgan fingerprint density at radius 1 is 0.697 bits per heavy atom. The van der Waals surface area contributed by atoms with E-state index in [0.717, 1.165) is 73.7 Å². The highest BCUT2D eigenvalue weighted by Crippen LogP contribution is 2.29. The number of para-hydroxylation sites is 1. The molecule has 2 saturated heterocycles. The summed E-state index contributed by atoms with van der Waals surface area (Å²) in [5, 5.41) is 5.64. The first kappa shape index (κ1) is 19.9. The molecule has 33 heavy (non-hydrogen) atoms. The van der Waals surface area contributed by atoms with Crippen LogP contribution in [0.25, 0.3) is 16.7 Å². The molecule has 0 N–H and O–H groups in total. The van der Waals surface area contributed by atoms with Crippen molar-refractivity contribution in [3.05, 3.63) is 55.0 Å². The zero-order valence-electron chi connectivity index (χ0n) is 18.3. The summed E-state index contributed by atoms with van der Waals surface area (Å²) in [6, 6.07) is 12.0. The minimum Gasteiger partial charge on any atom is -0.378 e. The third kappa shape index (κ3) is 3.82. The lowest BCUT2D eigenvalue weighted by Crippen LogP contribution is -2.47. The maximum atomic E-state index is 5.54. The Morgan fingerprint density at radius 3 is 2.15 bits per heavy atom. The lowest BCUT2D eigenvalue weighted by atomic mass is 10.2. The van der Waals surface area contributed by atoms with Crippen molar-refractivity contribution in [2.45, 2.75) is 0 Å². The summed E-state index contributed by atoms with van der Waals surface area (Å²) in [6.07, 6.45) is 5.46. The summed E-state index contributed by atoms with van der Waals surface area (Å²) in [4.78, 5) is 25.5. The van der Waals surface area contributed by atoms with Crippen molar-refractivity contribution in [1.82, 2.24) is 29.7 Å². The average Bonchev–Trinajstić information content (AvgIpc) is 3.34. The van der Waals surface area contributed by atoms with Crippen molar-refractivity contribution in [3.63, 3.8) is 0 Å². The zero-order chi connectivity index (χ0) is 22.0. The van der Waals surface area contributed by atoms with Crippen LogP contribution in [0.5, 0.6) is 0 Å². The van der Waals surface area contributed by atoms with E-state index < -0.39 is 0 Å². The second kappa shape index (κ2) is 8.62. The quantitative estimate of drug-likeness (QED) is 0.468. The average molecular weight is 444 g/mol. The van der Waals surface area contributed by atoms with Gasteiger partial charge in [-0.25, -0.2) is 14.6 Å². The third-order valence-corrected chi connectivity index (χ3v) is 6.11. The molecule has 1 aromatic carbocycles. The predicted octanol–water partition coefficient (Wildman–Crippen LogP) is 1.77. The molecule has 0 spiro atoms. The van der Waals surface area contributed by atoms with Crippen LogP contribution < -0.4 is 14.7 Å². The highest BCUT2D eigenvalue weighted by atomic mass is 16.5. The fraction of sp³-hybridized carbons (Fsp3) is 0.348. The summed E-state index contributed by atoms with van der Waals surface area (Å²) < 4.78 is 7.45. The van der Waals surface area contributed by atoms with Gasteiger partial charge in [-0.3, -0.25) is 0 Å². The van der Waals surface area contributed by atoms with E-state index >= 15 is 0 Å². The first-order chi connectivity index (χ1) is 16.4. The molecular formula is C23H25N9O. The third-order valence-electron chi connectivity index (χ3n) is 6.11. The van der Waals surface area contributed by atoms with Gasteiger partial charge in [-0.15, -0.1) is 0 Å². The number of ether oxygens (including phenoxy) is 1. The van der Waals surface area contributed by atoms with E-state index in [9.17, 15) is 0 Å². The Bertz CT molecular complexity index is 1220. The summed E-state index contributed by atoms with van der Waals surface area (Å²) in [5.74, 6) is 2.43. The molecule has 2 aliphatic rings. The van der Waals surface area contributed by atoms with Crippen molar-refractivity contribution < 1.29 is 4.74 Å². The summed E-state index contributed by atoms with van der Waals surface area (Å²) in [6.45, 7) is 6.24. The van der Waals surface area contributed by atoms with Crippen LogP contribution in [0.2, 0.25) is 0 Å². The first-order valence-electron chi connectivity index (χ1n) is 11.3. The molecule has 2 fully saturated rings. The van der Waals surface area contributed by atoms with Gasteiger partial charge >= 0.3 is 0 Å². The fourth-order valence-electron chi connectivity index (χ4n) is 4.36. The largest absolute Gasteiger partial charge is 0.378 e. The van der Waals surface area contributed by atoms with Gasteiger partial charge in [-0.1, -0.05) is 18.2 Å². The molecule has 0 bridgehead atoms. The number of hydrogen-bond donors (Lipinski definition) is 0. The molecule has 0 radical (unpaired) electrons. The smallest absolute Gasteiger partial charge is 0.229 e. The number of anilines is 3. The molecule has 2 aliphatic heterocycles. The van der Waals surface area contributed by atoms with Crippen LogP contribution in [0.15, 0.2) is 55.0 Å². The van der Waals surface area contributed by atoms with Gasteiger partial charge in [0.05, 0.1) is 30.5 Å². The second-order valence-electron chi connectivity index (χ2n) is 8.10. The lowest BCUT2D eigenvalue weighted by molar-refractivity contribution is 0.122. The molecule has 0 amide bonds. The summed E-state index contributed by atoms with van der Waals surface area (Å²) in [7, 11) is 0. The topological polar surface area (TPSA) is 88.3 Å². The number of benzene rings is 1. The first-order valence-corrected chi connectivity index (χ1v) is 11.3. The number of fused-ring (bicyclic) bond motifs is 1. The number of morpholine rings is 1. The molecule has 0 atom stereocenters. The second-order valence-corrected chi connectivity index (χ2v) is 8.10. The van der Waals surface area contributed by atoms with E-state index in [4.69, 9.17) is 14.7 Å². The van der Waals surface area contributed by atoms with E-state index in [1.807, 2.05) is 47.3 Å². The van der Waals surface area contributed by atoms with Crippen molar-refractivity contribution in [3.8, 4) is 5.69 Å². The van der Waals surface area contributed by atoms with Gasteiger partial charge in [-0.2, -0.15) is 15.1 Å². The Balaban J connectivity index is 1.37. The van der Waals surface area contributed by atoms with Crippen LogP contribution in [-0.2, 0) is 4.74 Å². The van der Waals surface area contributed by atoms with Crippen molar-refractivity contribution in [1.29, 1.82) is 0 Å².